The van der Waals surface area contributed by atoms with Crippen LogP contribution in [0.3, 0.4) is 0 Å². The molecule has 8 heteroatoms. The molecule has 0 aliphatic carbocycles. The van der Waals surface area contributed by atoms with Crippen molar-refractivity contribution < 1.29 is 13.9 Å². The lowest BCUT2D eigenvalue weighted by Gasteiger charge is -2.11. The second-order valence-corrected chi connectivity index (χ2v) is 6.99. The molecule has 0 saturated carbocycles. The Morgan fingerprint density at radius 3 is 2.58 bits per heavy atom. The van der Waals surface area contributed by atoms with Gasteiger partial charge >= 0.3 is 0 Å². The third-order valence-electron chi connectivity index (χ3n) is 4.50. The lowest BCUT2D eigenvalue weighted by molar-refractivity contribution is 0.284. The number of nitrogens with one attached hydrogen (secondary N) is 1. The monoisotopic (exact) mass is 434 g/mol. The van der Waals surface area contributed by atoms with E-state index in [-0.39, 0.29) is 5.82 Å². The van der Waals surface area contributed by atoms with Crippen molar-refractivity contribution in [1.29, 1.82) is 0 Å². The molecule has 0 radical (unpaired) electrons. The summed E-state index contributed by atoms with van der Waals surface area (Å²) in [4.78, 5) is 0. The SMILES string of the molecule is COc1cc(/C=N\n2c(-c3ccc(F)cc3)n[nH]c2=S)ccc1OCc1ccccc1. The van der Waals surface area contributed by atoms with Crippen molar-refractivity contribution >= 4 is 18.4 Å². The summed E-state index contributed by atoms with van der Waals surface area (Å²) in [5.41, 5.74) is 2.54. The molecule has 0 spiro atoms. The number of methoxy groups -OCH3 is 1. The normalized spacial score (nSPS) is 11.0. The lowest BCUT2D eigenvalue weighted by atomic mass is 10.2. The number of aromatic amines is 1. The van der Waals surface area contributed by atoms with E-state index < -0.39 is 0 Å². The van der Waals surface area contributed by atoms with Crippen molar-refractivity contribution in [2.24, 2.45) is 5.10 Å². The summed E-state index contributed by atoms with van der Waals surface area (Å²) in [6.45, 7) is 0.440. The van der Waals surface area contributed by atoms with Gasteiger partial charge in [-0.3, -0.25) is 0 Å². The Morgan fingerprint density at radius 1 is 1.06 bits per heavy atom. The number of nitrogens with zero attached hydrogens (tertiary/aromatic N) is 3. The minimum Gasteiger partial charge on any atom is -0.493 e. The first-order valence-corrected chi connectivity index (χ1v) is 9.87. The van der Waals surface area contributed by atoms with Crippen LogP contribution in [0.15, 0.2) is 77.9 Å². The molecule has 0 unspecified atom stereocenters. The summed E-state index contributed by atoms with van der Waals surface area (Å²) in [5, 5.41) is 11.3. The van der Waals surface area contributed by atoms with Crippen molar-refractivity contribution in [3.05, 3.63) is 94.5 Å². The summed E-state index contributed by atoms with van der Waals surface area (Å²) in [6, 6.07) is 21.4. The fourth-order valence-corrected chi connectivity index (χ4v) is 3.11. The van der Waals surface area contributed by atoms with Crippen molar-refractivity contribution in [3.63, 3.8) is 0 Å². The van der Waals surface area contributed by atoms with E-state index in [1.807, 2.05) is 48.5 Å². The maximum Gasteiger partial charge on any atom is 0.216 e. The Kier molecular flexibility index (Phi) is 6.18. The van der Waals surface area contributed by atoms with Crippen molar-refractivity contribution in [1.82, 2.24) is 14.9 Å². The summed E-state index contributed by atoms with van der Waals surface area (Å²) in [5.74, 6) is 1.38. The first kappa shape index (κ1) is 20.5. The van der Waals surface area contributed by atoms with Gasteiger partial charge in [0.1, 0.15) is 12.4 Å². The quantitative estimate of drug-likeness (QED) is 0.320. The molecule has 0 atom stereocenters. The van der Waals surface area contributed by atoms with E-state index in [9.17, 15) is 4.39 Å². The number of benzene rings is 3. The van der Waals surface area contributed by atoms with E-state index in [0.717, 1.165) is 11.1 Å². The van der Waals surface area contributed by atoms with Crippen LogP contribution in [0.5, 0.6) is 11.5 Å². The first-order chi connectivity index (χ1) is 15.1. The van der Waals surface area contributed by atoms with E-state index in [1.165, 1.54) is 16.8 Å². The van der Waals surface area contributed by atoms with Crippen molar-refractivity contribution in [2.45, 2.75) is 6.61 Å². The number of ether oxygens (including phenoxy) is 2. The zero-order valence-corrected chi connectivity index (χ0v) is 17.5. The maximum atomic E-state index is 13.2. The van der Waals surface area contributed by atoms with Gasteiger partial charge in [-0.05, 0) is 65.8 Å². The molecule has 0 saturated heterocycles. The van der Waals surface area contributed by atoms with Crippen LogP contribution in [0.4, 0.5) is 4.39 Å². The van der Waals surface area contributed by atoms with Gasteiger partial charge in [-0.15, -0.1) is 0 Å². The Bertz CT molecular complexity index is 1250. The van der Waals surface area contributed by atoms with Gasteiger partial charge in [0.15, 0.2) is 17.3 Å². The molecule has 3 aromatic carbocycles. The highest BCUT2D eigenvalue weighted by atomic mass is 32.1. The Labute approximate surface area is 183 Å². The Hall–Kier alpha value is -3.78. The third-order valence-corrected chi connectivity index (χ3v) is 4.76. The molecule has 0 aliphatic heterocycles. The van der Waals surface area contributed by atoms with Crippen LogP contribution in [-0.4, -0.2) is 28.2 Å². The molecule has 1 aromatic heterocycles. The highest BCUT2D eigenvalue weighted by molar-refractivity contribution is 7.71. The van der Waals surface area contributed by atoms with Gasteiger partial charge in [-0.1, -0.05) is 30.3 Å². The Balaban J connectivity index is 1.55. The summed E-state index contributed by atoms with van der Waals surface area (Å²) in [6.07, 6.45) is 1.64. The lowest BCUT2D eigenvalue weighted by Crippen LogP contribution is -1.99. The average Bonchev–Trinajstić information content (AvgIpc) is 3.18. The van der Waals surface area contributed by atoms with Crippen LogP contribution in [0.2, 0.25) is 0 Å². The van der Waals surface area contributed by atoms with Gasteiger partial charge in [0.05, 0.1) is 13.3 Å². The van der Waals surface area contributed by atoms with Crippen LogP contribution < -0.4 is 9.47 Å². The highest BCUT2D eigenvalue weighted by Crippen LogP contribution is 2.28. The summed E-state index contributed by atoms with van der Waals surface area (Å²) in [7, 11) is 1.59. The number of H-pyrrole nitrogens is 1. The van der Waals surface area contributed by atoms with Gasteiger partial charge in [0.2, 0.25) is 4.77 Å². The zero-order chi connectivity index (χ0) is 21.6. The zero-order valence-electron chi connectivity index (χ0n) is 16.7. The fourth-order valence-electron chi connectivity index (χ4n) is 2.93. The molecule has 31 heavy (non-hydrogen) atoms. The van der Waals surface area contributed by atoms with Crippen molar-refractivity contribution in [2.75, 3.05) is 7.11 Å². The largest absolute Gasteiger partial charge is 0.493 e. The number of hydrogen-bond acceptors (Lipinski definition) is 5. The summed E-state index contributed by atoms with van der Waals surface area (Å²) < 4.78 is 26.4. The van der Waals surface area contributed by atoms with Crippen LogP contribution in [-0.2, 0) is 6.61 Å². The highest BCUT2D eigenvalue weighted by Gasteiger charge is 2.09. The first-order valence-electron chi connectivity index (χ1n) is 9.46. The van der Waals surface area contributed by atoms with Crippen molar-refractivity contribution in [3.8, 4) is 22.9 Å². The minimum atomic E-state index is -0.324. The fraction of sp³-hybridized carbons (Fsp3) is 0.0870. The molecule has 0 amide bonds. The van der Waals surface area contributed by atoms with Crippen LogP contribution in [0.25, 0.3) is 11.4 Å². The average molecular weight is 434 g/mol. The predicted octanol–water partition coefficient (Wildman–Crippen LogP) is 5.22. The van der Waals surface area contributed by atoms with E-state index in [1.54, 1.807) is 25.5 Å². The molecule has 4 rings (SSSR count). The molecular weight excluding hydrogens is 415 g/mol. The third kappa shape index (κ3) is 4.87. The Morgan fingerprint density at radius 2 is 1.84 bits per heavy atom. The number of rotatable bonds is 7. The molecule has 4 aromatic rings. The van der Waals surface area contributed by atoms with Gasteiger partial charge in [-0.25, -0.2) is 9.49 Å². The van der Waals surface area contributed by atoms with E-state index in [2.05, 4.69) is 15.3 Å². The summed E-state index contributed by atoms with van der Waals surface area (Å²) >= 11 is 5.28. The molecule has 0 aliphatic rings. The smallest absolute Gasteiger partial charge is 0.216 e. The van der Waals surface area contributed by atoms with Crippen LogP contribution >= 0.6 is 12.2 Å². The number of aromatic nitrogens is 3. The van der Waals surface area contributed by atoms with E-state index in [0.29, 0.717) is 34.3 Å². The van der Waals surface area contributed by atoms with Gasteiger partial charge in [0.25, 0.3) is 0 Å². The second kappa shape index (κ2) is 9.36. The van der Waals surface area contributed by atoms with Gasteiger partial charge in [-0.2, -0.15) is 14.9 Å². The topological polar surface area (TPSA) is 64.4 Å². The predicted molar refractivity (Wildman–Crippen MR) is 120 cm³/mol. The van der Waals surface area contributed by atoms with E-state index >= 15 is 0 Å². The molecule has 1 heterocycles. The number of hydrogen-bond donors (Lipinski definition) is 1. The van der Waals surface area contributed by atoms with Gasteiger partial charge in [0, 0.05) is 5.56 Å². The molecule has 1 N–H and O–H groups in total. The van der Waals surface area contributed by atoms with Gasteiger partial charge < -0.3 is 9.47 Å². The molecule has 6 nitrogen and oxygen atoms in total. The molecule has 0 bridgehead atoms. The minimum absolute atomic E-state index is 0.324. The molecule has 156 valence electrons. The maximum absolute atomic E-state index is 13.2. The van der Waals surface area contributed by atoms with E-state index in [4.69, 9.17) is 21.7 Å². The standard InChI is InChI=1S/C23H19FN4O2S/c1-29-21-13-17(7-12-20(21)30-15-16-5-3-2-4-6-16)14-25-28-22(26-27-23(28)31)18-8-10-19(24)11-9-18/h2-14H,15H2,1H3,(H,27,31)/b25-14-. The molecular formula is C23H19FN4O2S. The second-order valence-electron chi connectivity index (χ2n) is 6.60. The molecule has 0 fully saturated rings. The van der Waals surface area contributed by atoms with Crippen LogP contribution in [0, 0.1) is 10.6 Å². The number of halogens is 1. The van der Waals surface area contributed by atoms with Crippen LogP contribution in [0.1, 0.15) is 11.1 Å².